The number of fused-ring (bicyclic) bond motifs is 1. The summed E-state index contributed by atoms with van der Waals surface area (Å²) in [6.45, 7) is 0.964. The van der Waals surface area contributed by atoms with Crippen molar-refractivity contribution in [2.45, 2.75) is 49.9 Å². The normalized spacial score (nSPS) is 23.7. The zero-order valence-corrected chi connectivity index (χ0v) is 15.5. The van der Waals surface area contributed by atoms with Gasteiger partial charge in [-0.05, 0) is 19.8 Å². The zero-order valence-electron chi connectivity index (χ0n) is 14.7. The monoisotopic (exact) mass is 387 g/mol. The number of nitrogens with one attached hydrogen (secondary N) is 2. The van der Waals surface area contributed by atoms with Crippen molar-refractivity contribution in [1.82, 2.24) is 15.5 Å². The molecule has 0 bridgehead atoms. The zero-order chi connectivity index (χ0) is 19.1. The number of carboxylic acids is 1. The number of nitrogens with zero attached hydrogens (tertiary/aromatic N) is 1. The van der Waals surface area contributed by atoms with E-state index in [1.807, 2.05) is 11.8 Å². The first-order valence-corrected chi connectivity index (χ1v) is 9.79. The van der Waals surface area contributed by atoms with Gasteiger partial charge < -0.3 is 25.4 Å². The Morgan fingerprint density at radius 2 is 2.04 bits per heavy atom. The van der Waals surface area contributed by atoms with Crippen LogP contribution in [-0.2, 0) is 19.1 Å². The topological polar surface area (TPSA) is 125 Å². The van der Waals surface area contributed by atoms with Crippen LogP contribution < -0.4 is 10.6 Å². The average molecular weight is 387 g/mol. The molecule has 0 spiro atoms. The second-order valence-corrected chi connectivity index (χ2v) is 7.59. The second-order valence-electron chi connectivity index (χ2n) is 6.32. The number of hydrogen-bond donors (Lipinski definition) is 3. The number of ether oxygens (including phenoxy) is 1. The molecule has 0 aromatic carbocycles. The first-order chi connectivity index (χ1) is 12.4. The minimum absolute atomic E-state index is 0.122. The largest absolute Gasteiger partial charge is 0.480 e. The molecule has 2 aliphatic heterocycles. The van der Waals surface area contributed by atoms with Crippen molar-refractivity contribution in [3.8, 4) is 0 Å². The average Bonchev–Trinajstić information content (AvgIpc) is 3.10. The van der Waals surface area contributed by atoms with Gasteiger partial charge in [0.05, 0.1) is 18.7 Å². The van der Waals surface area contributed by atoms with Crippen LogP contribution in [-0.4, -0.2) is 76.7 Å². The highest BCUT2D eigenvalue weighted by Crippen LogP contribution is 2.33. The molecule has 2 heterocycles. The summed E-state index contributed by atoms with van der Waals surface area (Å²) >= 11 is 1.81. The van der Waals surface area contributed by atoms with Crippen LogP contribution in [0.1, 0.15) is 32.6 Å². The lowest BCUT2D eigenvalue weighted by molar-refractivity contribution is -0.152. The van der Waals surface area contributed by atoms with E-state index in [1.165, 1.54) is 0 Å². The van der Waals surface area contributed by atoms with Gasteiger partial charge in [-0.1, -0.05) is 6.42 Å². The van der Waals surface area contributed by atoms with Crippen molar-refractivity contribution in [2.75, 3.05) is 25.4 Å². The van der Waals surface area contributed by atoms with Crippen LogP contribution in [0.15, 0.2) is 0 Å². The van der Waals surface area contributed by atoms with E-state index >= 15 is 0 Å². The molecule has 26 heavy (non-hydrogen) atoms. The standard InChI is InChI=1S/C16H25N3O6S/c1-2-25-14(23)8-19(7-13(21)22)12(20)6-4-3-5-11-15-10(9-26-11)17-16(24)18-15/h10-11,15H,2-9H2,1H3,(H,21,22)(H2,17,18,24). The van der Waals surface area contributed by atoms with E-state index in [2.05, 4.69) is 10.6 Å². The van der Waals surface area contributed by atoms with Gasteiger partial charge in [0.2, 0.25) is 5.91 Å². The number of carbonyl (C=O) groups excluding carboxylic acids is 3. The number of thioether (sulfide) groups is 1. The highest BCUT2D eigenvalue weighted by Gasteiger charge is 2.42. The molecule has 3 amide bonds. The Kier molecular flexibility index (Phi) is 7.55. The predicted octanol–water partition coefficient (Wildman–Crippen LogP) is 0.189. The fourth-order valence-corrected chi connectivity index (χ4v) is 4.72. The van der Waals surface area contributed by atoms with Gasteiger partial charge in [0.15, 0.2) is 0 Å². The van der Waals surface area contributed by atoms with Crippen LogP contribution in [0.2, 0.25) is 0 Å². The molecule has 0 saturated carbocycles. The molecule has 3 N–H and O–H groups in total. The van der Waals surface area contributed by atoms with Gasteiger partial charge in [0.1, 0.15) is 13.1 Å². The van der Waals surface area contributed by atoms with Gasteiger partial charge in [-0.25, -0.2) is 4.79 Å². The molecule has 9 nitrogen and oxygen atoms in total. The first kappa shape index (κ1) is 20.3. The van der Waals surface area contributed by atoms with E-state index in [0.29, 0.717) is 11.7 Å². The van der Waals surface area contributed by atoms with Crippen LogP contribution in [0.5, 0.6) is 0 Å². The molecule has 3 atom stereocenters. The van der Waals surface area contributed by atoms with Gasteiger partial charge in [-0.3, -0.25) is 14.4 Å². The molecule has 2 saturated heterocycles. The minimum atomic E-state index is -1.17. The van der Waals surface area contributed by atoms with E-state index in [4.69, 9.17) is 9.84 Å². The van der Waals surface area contributed by atoms with Crippen molar-refractivity contribution >= 4 is 35.6 Å². The van der Waals surface area contributed by atoms with E-state index in [9.17, 15) is 19.2 Å². The fraction of sp³-hybridized carbons (Fsp3) is 0.750. The van der Waals surface area contributed by atoms with Crippen LogP contribution in [0.25, 0.3) is 0 Å². The number of urea groups is 1. The lowest BCUT2D eigenvalue weighted by Gasteiger charge is -2.20. The van der Waals surface area contributed by atoms with E-state index in [0.717, 1.165) is 23.5 Å². The summed E-state index contributed by atoms with van der Waals surface area (Å²) in [7, 11) is 0. The SMILES string of the molecule is CCOC(=O)CN(CC(=O)O)C(=O)CCCCC1SCC2NC(=O)NC21. The Labute approximate surface area is 156 Å². The second kappa shape index (κ2) is 9.65. The van der Waals surface area contributed by atoms with E-state index in [1.54, 1.807) is 6.92 Å². The Morgan fingerprint density at radius 3 is 2.73 bits per heavy atom. The third-order valence-electron chi connectivity index (χ3n) is 4.37. The maximum absolute atomic E-state index is 12.2. The molecular formula is C16H25N3O6S. The molecule has 0 aromatic heterocycles. The molecule has 2 fully saturated rings. The minimum Gasteiger partial charge on any atom is -0.480 e. The van der Waals surface area contributed by atoms with Gasteiger partial charge in [0, 0.05) is 17.4 Å². The summed E-state index contributed by atoms with van der Waals surface area (Å²) in [5, 5.41) is 15.0. The number of aliphatic carboxylic acids is 1. The smallest absolute Gasteiger partial charge is 0.325 e. The van der Waals surface area contributed by atoms with Gasteiger partial charge >= 0.3 is 18.0 Å². The van der Waals surface area contributed by atoms with Crippen LogP contribution in [0.3, 0.4) is 0 Å². The van der Waals surface area contributed by atoms with Gasteiger partial charge in [0.25, 0.3) is 0 Å². The molecule has 10 heteroatoms. The third-order valence-corrected chi connectivity index (χ3v) is 5.88. The van der Waals surface area contributed by atoms with Crippen LogP contribution in [0.4, 0.5) is 4.79 Å². The molecule has 0 radical (unpaired) electrons. The summed E-state index contributed by atoms with van der Waals surface area (Å²) in [6, 6.07) is 0.189. The maximum atomic E-state index is 12.2. The van der Waals surface area contributed by atoms with Crippen molar-refractivity contribution in [3.63, 3.8) is 0 Å². The Bertz CT molecular complexity index is 558. The maximum Gasteiger partial charge on any atom is 0.325 e. The van der Waals surface area contributed by atoms with Crippen molar-refractivity contribution < 1.29 is 29.0 Å². The number of unbranched alkanes of at least 4 members (excludes halogenated alkanes) is 1. The lowest BCUT2D eigenvalue weighted by atomic mass is 10.0. The first-order valence-electron chi connectivity index (χ1n) is 8.74. The van der Waals surface area contributed by atoms with Crippen molar-refractivity contribution in [1.29, 1.82) is 0 Å². The highest BCUT2D eigenvalue weighted by atomic mass is 32.2. The predicted molar refractivity (Wildman–Crippen MR) is 94.8 cm³/mol. The number of carbonyl (C=O) groups is 4. The fourth-order valence-electron chi connectivity index (χ4n) is 3.18. The van der Waals surface area contributed by atoms with E-state index in [-0.39, 0.29) is 43.6 Å². The molecule has 0 aliphatic carbocycles. The summed E-state index contributed by atoms with van der Waals surface area (Å²) < 4.78 is 4.78. The number of rotatable bonds is 10. The molecular weight excluding hydrogens is 362 g/mol. The van der Waals surface area contributed by atoms with Crippen LogP contribution >= 0.6 is 11.8 Å². The summed E-state index contributed by atoms with van der Waals surface area (Å²) in [6.07, 6.45) is 2.46. The van der Waals surface area contributed by atoms with Crippen molar-refractivity contribution in [3.05, 3.63) is 0 Å². The Balaban J connectivity index is 1.72. The molecule has 146 valence electrons. The van der Waals surface area contributed by atoms with Crippen molar-refractivity contribution in [2.24, 2.45) is 0 Å². The lowest BCUT2D eigenvalue weighted by Crippen LogP contribution is -2.40. The highest BCUT2D eigenvalue weighted by molar-refractivity contribution is 8.00. The quantitative estimate of drug-likeness (QED) is 0.278. The molecule has 2 aliphatic rings. The Morgan fingerprint density at radius 1 is 1.27 bits per heavy atom. The van der Waals surface area contributed by atoms with Gasteiger partial charge in [-0.15, -0.1) is 0 Å². The summed E-state index contributed by atoms with van der Waals surface area (Å²) in [5.74, 6) is -1.26. The number of esters is 1. The van der Waals surface area contributed by atoms with Crippen LogP contribution in [0, 0.1) is 0 Å². The molecule has 0 aromatic rings. The summed E-state index contributed by atoms with van der Waals surface area (Å²) in [5.41, 5.74) is 0. The molecule has 2 rings (SSSR count). The number of hydrogen-bond acceptors (Lipinski definition) is 6. The summed E-state index contributed by atoms with van der Waals surface area (Å²) in [4.78, 5) is 47.0. The Hall–Kier alpha value is -1.97. The van der Waals surface area contributed by atoms with Gasteiger partial charge in [-0.2, -0.15) is 11.8 Å². The number of amides is 3. The molecule has 3 unspecified atom stereocenters. The van der Waals surface area contributed by atoms with E-state index < -0.39 is 18.5 Å². The third kappa shape index (κ3) is 5.79. The number of carboxylic acid groups (broad SMARTS) is 1.